The van der Waals surface area contributed by atoms with Gasteiger partial charge in [-0.15, -0.1) is 5.10 Å². The third kappa shape index (κ3) is 6.25. The fourth-order valence-electron chi connectivity index (χ4n) is 4.12. The fraction of sp³-hybridized carbons (Fsp3) is 0.318. The lowest BCUT2D eigenvalue weighted by atomic mass is 10.1. The summed E-state index contributed by atoms with van der Waals surface area (Å²) in [4.78, 5) is 28.2. The monoisotopic (exact) mass is 636 g/mol. The second-order valence-corrected chi connectivity index (χ2v) is 11.9. The van der Waals surface area contributed by atoms with Crippen LogP contribution in [0.5, 0.6) is 0 Å². The predicted octanol–water partition coefficient (Wildman–Crippen LogP) is 2.63. The molecule has 41 heavy (non-hydrogen) atoms. The van der Waals surface area contributed by atoms with Gasteiger partial charge in [-0.25, -0.2) is 27.2 Å². The third-order valence-corrected chi connectivity index (χ3v) is 8.22. The van der Waals surface area contributed by atoms with E-state index in [1.807, 2.05) is 4.90 Å². The summed E-state index contributed by atoms with van der Waals surface area (Å²) in [6.07, 6.45) is -0.406. The number of hydrogen-bond donors (Lipinski definition) is 3. The van der Waals surface area contributed by atoms with Gasteiger partial charge in [0.25, 0.3) is 5.91 Å². The van der Waals surface area contributed by atoms with E-state index in [1.165, 1.54) is 10.7 Å². The van der Waals surface area contributed by atoms with Crippen molar-refractivity contribution in [1.29, 1.82) is 0 Å². The molecule has 5 rings (SSSR count). The number of sulfone groups is 1. The van der Waals surface area contributed by atoms with Gasteiger partial charge in [-0.2, -0.15) is 18.3 Å². The van der Waals surface area contributed by atoms with Gasteiger partial charge in [-0.1, -0.05) is 23.2 Å². The molecule has 1 atom stereocenters. The topological polar surface area (TPSA) is 177 Å². The van der Waals surface area contributed by atoms with Gasteiger partial charge in [0.15, 0.2) is 21.3 Å². The molecule has 1 aliphatic rings. The van der Waals surface area contributed by atoms with Crippen molar-refractivity contribution in [2.24, 2.45) is 0 Å². The van der Waals surface area contributed by atoms with Gasteiger partial charge in [0.05, 0.1) is 33.8 Å². The van der Waals surface area contributed by atoms with Crippen LogP contribution in [-0.4, -0.2) is 80.4 Å². The maximum atomic E-state index is 13.2. The third-order valence-electron chi connectivity index (χ3n) is 6.04. The number of carbonyl (C=O) groups is 2. The van der Waals surface area contributed by atoms with Crippen molar-refractivity contribution in [3.05, 3.63) is 51.9 Å². The summed E-state index contributed by atoms with van der Waals surface area (Å²) >= 11 is 12.8. The van der Waals surface area contributed by atoms with Crippen molar-refractivity contribution in [3.8, 4) is 0 Å². The van der Waals surface area contributed by atoms with Crippen molar-refractivity contribution in [3.63, 3.8) is 0 Å². The maximum Gasteiger partial charge on any atom is 0.490 e. The molecule has 13 nitrogen and oxygen atoms in total. The number of anilines is 2. The number of nitrogens with one attached hydrogen (secondary N) is 1. The SMILES string of the molecule is CC(NC(=O)c1c(N)nn2cccnc12)c1cc(Cl)c2c(Cl)cnn2c1N1CCS(=O)(=O)CC1.O=C(O)C(F)(F)F. The van der Waals surface area contributed by atoms with E-state index in [2.05, 4.69) is 20.5 Å². The van der Waals surface area contributed by atoms with Gasteiger partial charge >= 0.3 is 12.1 Å². The van der Waals surface area contributed by atoms with Gasteiger partial charge in [-0.3, -0.25) is 4.79 Å². The molecule has 4 aromatic heterocycles. The first kappa shape index (κ1) is 30.1. The smallest absolute Gasteiger partial charge is 0.475 e. The molecule has 19 heteroatoms. The van der Waals surface area contributed by atoms with Crippen LogP contribution in [0.15, 0.2) is 30.7 Å². The Hall–Kier alpha value is -3.83. The minimum atomic E-state index is -5.08. The molecular weight excluding hydrogens is 616 g/mol. The minimum absolute atomic E-state index is 0.0108. The van der Waals surface area contributed by atoms with Crippen LogP contribution in [0.1, 0.15) is 28.9 Å². The number of hydrogen-bond acceptors (Lipinski definition) is 9. The second kappa shape index (κ2) is 11.2. The highest BCUT2D eigenvalue weighted by molar-refractivity contribution is 7.91. The van der Waals surface area contributed by atoms with E-state index < -0.39 is 33.9 Å². The van der Waals surface area contributed by atoms with Gasteiger partial charge < -0.3 is 21.1 Å². The molecule has 5 heterocycles. The lowest BCUT2D eigenvalue weighted by Crippen LogP contribution is -2.42. The number of carboxylic acids is 1. The summed E-state index contributed by atoms with van der Waals surface area (Å²) in [6, 6.07) is 2.84. The zero-order chi connectivity index (χ0) is 30.3. The van der Waals surface area contributed by atoms with E-state index in [0.29, 0.717) is 32.6 Å². The molecule has 1 amide bonds. The zero-order valence-corrected chi connectivity index (χ0v) is 23.3. The molecule has 4 N–H and O–H groups in total. The molecule has 0 spiro atoms. The number of nitrogens with zero attached hydrogens (tertiary/aromatic N) is 6. The number of alkyl halides is 3. The molecule has 1 fully saturated rings. The van der Waals surface area contributed by atoms with Crippen molar-refractivity contribution >= 4 is 67.7 Å². The molecule has 220 valence electrons. The summed E-state index contributed by atoms with van der Waals surface area (Å²) in [5.74, 6) is -2.53. The Labute approximate surface area is 239 Å². The lowest BCUT2D eigenvalue weighted by molar-refractivity contribution is -0.192. The first-order valence-corrected chi connectivity index (χ1v) is 14.2. The van der Waals surface area contributed by atoms with Gasteiger partial charge in [0.2, 0.25) is 0 Å². The van der Waals surface area contributed by atoms with E-state index >= 15 is 0 Å². The van der Waals surface area contributed by atoms with Crippen LogP contribution in [0, 0.1) is 0 Å². The number of nitrogens with two attached hydrogens (primary N) is 1. The van der Waals surface area contributed by atoms with E-state index in [-0.39, 0.29) is 36.0 Å². The van der Waals surface area contributed by atoms with Gasteiger partial charge in [0.1, 0.15) is 16.9 Å². The van der Waals surface area contributed by atoms with Crippen LogP contribution in [-0.2, 0) is 14.6 Å². The molecule has 0 aliphatic carbocycles. The average Bonchev–Trinajstić information content (AvgIpc) is 3.43. The number of pyridine rings is 1. The Morgan fingerprint density at radius 2 is 1.83 bits per heavy atom. The van der Waals surface area contributed by atoms with Crippen LogP contribution in [0.2, 0.25) is 10.0 Å². The van der Waals surface area contributed by atoms with Crippen LogP contribution >= 0.6 is 23.2 Å². The van der Waals surface area contributed by atoms with Gasteiger partial charge in [0, 0.05) is 31.0 Å². The number of fused-ring (bicyclic) bond motifs is 2. The van der Waals surface area contributed by atoms with E-state index in [0.717, 1.165) is 0 Å². The van der Waals surface area contributed by atoms with E-state index in [9.17, 15) is 26.4 Å². The van der Waals surface area contributed by atoms with E-state index in [4.69, 9.17) is 38.8 Å². The predicted molar refractivity (Wildman–Crippen MR) is 143 cm³/mol. The zero-order valence-electron chi connectivity index (χ0n) is 20.9. The van der Waals surface area contributed by atoms with Crippen molar-refractivity contribution < 1.29 is 36.3 Å². The molecule has 0 bridgehead atoms. The number of halogens is 5. The summed E-state index contributed by atoms with van der Waals surface area (Å²) in [5, 5.41) is 19.3. The lowest BCUT2D eigenvalue weighted by Gasteiger charge is -2.32. The van der Waals surface area contributed by atoms with Gasteiger partial charge in [-0.05, 0) is 19.1 Å². The second-order valence-electron chi connectivity index (χ2n) is 8.81. The van der Waals surface area contributed by atoms with E-state index in [1.54, 1.807) is 36.0 Å². The first-order chi connectivity index (χ1) is 19.1. The van der Waals surface area contributed by atoms with Crippen LogP contribution in [0.25, 0.3) is 11.2 Å². The molecule has 0 aromatic carbocycles. The summed E-state index contributed by atoms with van der Waals surface area (Å²) in [5.41, 5.74) is 7.64. The Morgan fingerprint density at radius 1 is 1.20 bits per heavy atom. The molecule has 0 saturated carbocycles. The molecule has 1 unspecified atom stereocenters. The molecule has 1 aliphatic heterocycles. The number of aliphatic carboxylic acids is 1. The Bertz CT molecular complexity index is 1750. The summed E-state index contributed by atoms with van der Waals surface area (Å²) in [6.45, 7) is 2.34. The minimum Gasteiger partial charge on any atom is -0.475 e. The quantitative estimate of drug-likeness (QED) is 0.302. The number of carboxylic acid groups (broad SMARTS) is 1. The number of rotatable bonds is 4. The molecule has 1 saturated heterocycles. The van der Waals surface area contributed by atoms with Crippen molar-refractivity contribution in [2.75, 3.05) is 35.2 Å². The number of aromatic nitrogens is 5. The van der Waals surface area contributed by atoms with Crippen molar-refractivity contribution in [1.82, 2.24) is 29.5 Å². The Balaban J connectivity index is 0.000000493. The molecular formula is C22H21Cl2F3N8O5S. The standard InChI is InChI=1S/C20H20Cl2N8O3S.C2HF3O2/c1-11(26-19(31)15-17(23)27-29-4-2-3-24-18(15)29)12-9-13(21)16-14(22)10-25-30(16)20(12)28-5-7-34(32,33)8-6-28;3-2(4,5)1(6)7/h2-4,9-11H,5-8H2,1H3,(H2,23,27)(H,26,31);(H,6,7). The average molecular weight is 637 g/mol. The van der Waals surface area contributed by atoms with Crippen LogP contribution in [0.3, 0.4) is 0 Å². The highest BCUT2D eigenvalue weighted by Crippen LogP contribution is 2.36. The molecule has 0 radical (unpaired) electrons. The normalized spacial score (nSPS) is 15.8. The highest BCUT2D eigenvalue weighted by Gasteiger charge is 2.38. The van der Waals surface area contributed by atoms with Crippen molar-refractivity contribution in [2.45, 2.75) is 19.1 Å². The number of carbonyl (C=O) groups excluding carboxylic acids is 1. The Morgan fingerprint density at radius 3 is 2.44 bits per heavy atom. The fourth-order valence-corrected chi connectivity index (χ4v) is 5.90. The summed E-state index contributed by atoms with van der Waals surface area (Å²) < 4.78 is 58.8. The largest absolute Gasteiger partial charge is 0.490 e. The highest BCUT2D eigenvalue weighted by atomic mass is 35.5. The van der Waals surface area contributed by atoms with Crippen LogP contribution < -0.4 is 16.0 Å². The Kier molecular flexibility index (Phi) is 8.24. The van der Waals surface area contributed by atoms with Crippen LogP contribution in [0.4, 0.5) is 24.8 Å². The molecule has 4 aromatic rings. The first-order valence-electron chi connectivity index (χ1n) is 11.6. The number of nitrogen functional groups attached to an aromatic ring is 1. The summed E-state index contributed by atoms with van der Waals surface area (Å²) in [7, 11) is -3.11. The maximum absolute atomic E-state index is 13.2. The number of amides is 1.